The maximum Gasteiger partial charge on any atom is 0.290 e. The van der Waals surface area contributed by atoms with E-state index in [-0.39, 0.29) is 28.2 Å². The van der Waals surface area contributed by atoms with Crippen LogP contribution in [-0.2, 0) is 7.05 Å². The number of anilines is 2. The second-order valence-electron chi connectivity index (χ2n) is 11.4. The predicted octanol–water partition coefficient (Wildman–Crippen LogP) is 4.91. The fourth-order valence-corrected chi connectivity index (χ4v) is 6.20. The van der Waals surface area contributed by atoms with Gasteiger partial charge in [0, 0.05) is 31.2 Å². The van der Waals surface area contributed by atoms with E-state index >= 15 is 0 Å². The third-order valence-corrected chi connectivity index (χ3v) is 8.56. The Hall–Kier alpha value is -4.96. The summed E-state index contributed by atoms with van der Waals surface area (Å²) in [6.07, 6.45) is 7.92. The van der Waals surface area contributed by atoms with Crippen molar-refractivity contribution in [2.24, 2.45) is 7.05 Å². The highest BCUT2D eigenvalue weighted by Gasteiger charge is 2.21. The van der Waals surface area contributed by atoms with Crippen LogP contribution in [-0.4, -0.2) is 55.1 Å². The Morgan fingerprint density at radius 3 is 2.50 bits per heavy atom. The fraction of sp³-hybridized carbons (Fsp3) is 0.294. The number of rotatable bonds is 7. The molecule has 0 amide bonds. The van der Waals surface area contributed by atoms with Gasteiger partial charge in [-0.1, -0.05) is 30.7 Å². The lowest BCUT2D eigenvalue weighted by Crippen LogP contribution is -2.32. The molecule has 4 aromatic heterocycles. The maximum absolute atomic E-state index is 13.6. The molecule has 5 aromatic rings. The van der Waals surface area contributed by atoms with Crippen LogP contribution < -0.4 is 16.4 Å². The van der Waals surface area contributed by atoms with Crippen molar-refractivity contribution in [3.05, 3.63) is 104 Å². The number of benzene rings is 1. The number of hydrogen-bond donors (Lipinski definition) is 1. The van der Waals surface area contributed by atoms with Gasteiger partial charge in [0.2, 0.25) is 0 Å². The highest BCUT2D eigenvalue weighted by atomic mass is 16.1. The Morgan fingerprint density at radius 1 is 1.00 bits per heavy atom. The number of piperidine rings is 1. The first-order chi connectivity index (χ1) is 21.3. The number of carbonyl (C=O) groups is 1. The number of nitrogens with zero attached hydrogens (tertiary/aromatic N) is 6. The Labute approximate surface area is 255 Å². The standard InChI is InChI=1S/C34H35N7O3/c1-5-40-13-9-23(10-14-40)25-6-7-30(36-19-25)37-29-18-28(38-39(4)33(29)43)26-8-12-35-32(27(26)20-42)41-15-11-24-17-21(2)16-22(3)31(24)34(41)44/h6-8,11-12,15-20,23H,5,9-10,13-14H2,1-4H3,(H,36,37). The van der Waals surface area contributed by atoms with Crippen molar-refractivity contribution in [3.8, 4) is 17.1 Å². The number of pyridine rings is 3. The van der Waals surface area contributed by atoms with Crippen molar-refractivity contribution >= 4 is 28.6 Å². The summed E-state index contributed by atoms with van der Waals surface area (Å²) in [5.41, 5.74) is 3.76. The van der Waals surface area contributed by atoms with Gasteiger partial charge in [0.15, 0.2) is 12.1 Å². The zero-order valence-electron chi connectivity index (χ0n) is 25.4. The molecule has 6 rings (SSSR count). The van der Waals surface area contributed by atoms with E-state index in [0.29, 0.717) is 34.7 Å². The number of nitrogens with one attached hydrogen (secondary N) is 1. The second-order valence-corrected chi connectivity index (χ2v) is 11.4. The van der Waals surface area contributed by atoms with Crippen LogP contribution in [0, 0.1) is 13.8 Å². The van der Waals surface area contributed by atoms with Gasteiger partial charge in [-0.2, -0.15) is 5.10 Å². The minimum Gasteiger partial charge on any atom is -0.336 e. The van der Waals surface area contributed by atoms with Crippen molar-refractivity contribution in [1.82, 2.24) is 29.2 Å². The van der Waals surface area contributed by atoms with Crippen LogP contribution in [0.15, 0.2) is 70.6 Å². The van der Waals surface area contributed by atoms with E-state index in [0.717, 1.165) is 49.0 Å². The van der Waals surface area contributed by atoms with Crippen molar-refractivity contribution in [3.63, 3.8) is 0 Å². The molecule has 0 atom stereocenters. The average molecular weight is 590 g/mol. The van der Waals surface area contributed by atoms with E-state index in [4.69, 9.17) is 0 Å². The molecule has 1 aliphatic rings. The molecule has 1 aliphatic heterocycles. The molecule has 0 aliphatic carbocycles. The first-order valence-corrected chi connectivity index (χ1v) is 14.9. The highest BCUT2D eigenvalue weighted by molar-refractivity contribution is 5.91. The van der Waals surface area contributed by atoms with E-state index in [1.165, 1.54) is 21.0 Å². The van der Waals surface area contributed by atoms with Crippen LogP contribution in [0.4, 0.5) is 11.5 Å². The quantitative estimate of drug-likeness (QED) is 0.266. The van der Waals surface area contributed by atoms with Gasteiger partial charge in [0.25, 0.3) is 11.1 Å². The minimum absolute atomic E-state index is 0.187. The lowest BCUT2D eigenvalue weighted by molar-refractivity contribution is 0.112. The Kier molecular flexibility index (Phi) is 7.92. The molecule has 44 heavy (non-hydrogen) atoms. The summed E-state index contributed by atoms with van der Waals surface area (Å²) in [6.45, 7) is 9.33. The van der Waals surface area contributed by atoms with Gasteiger partial charge in [-0.05, 0) is 93.0 Å². The molecule has 10 nitrogen and oxygen atoms in total. The fourth-order valence-electron chi connectivity index (χ4n) is 6.20. The smallest absolute Gasteiger partial charge is 0.290 e. The minimum atomic E-state index is -0.343. The molecule has 0 radical (unpaired) electrons. The Balaban J connectivity index is 1.34. The molecule has 1 aromatic carbocycles. The molecule has 1 fully saturated rings. The van der Waals surface area contributed by atoms with E-state index in [2.05, 4.69) is 38.3 Å². The molecule has 0 unspecified atom stereocenters. The largest absolute Gasteiger partial charge is 0.336 e. The summed E-state index contributed by atoms with van der Waals surface area (Å²) in [6, 6.07) is 13.0. The predicted molar refractivity (Wildman–Crippen MR) is 172 cm³/mol. The van der Waals surface area contributed by atoms with Gasteiger partial charge >= 0.3 is 0 Å². The molecular formula is C34H35N7O3. The van der Waals surface area contributed by atoms with Gasteiger partial charge in [-0.25, -0.2) is 14.6 Å². The van der Waals surface area contributed by atoms with Gasteiger partial charge in [0.1, 0.15) is 11.5 Å². The van der Waals surface area contributed by atoms with Crippen LogP contribution in [0.25, 0.3) is 27.8 Å². The lowest BCUT2D eigenvalue weighted by Gasteiger charge is -2.31. The molecule has 224 valence electrons. The number of carbonyl (C=O) groups excluding carboxylic acids is 1. The summed E-state index contributed by atoms with van der Waals surface area (Å²) in [5.74, 6) is 1.20. The van der Waals surface area contributed by atoms with Gasteiger partial charge in [-0.3, -0.25) is 19.0 Å². The van der Waals surface area contributed by atoms with Gasteiger partial charge in [0.05, 0.1) is 16.6 Å². The highest BCUT2D eigenvalue weighted by Crippen LogP contribution is 2.29. The van der Waals surface area contributed by atoms with E-state index in [1.54, 1.807) is 25.4 Å². The maximum atomic E-state index is 13.6. The lowest BCUT2D eigenvalue weighted by atomic mass is 9.90. The van der Waals surface area contributed by atoms with E-state index in [1.807, 2.05) is 44.3 Å². The van der Waals surface area contributed by atoms with E-state index < -0.39 is 0 Å². The normalized spacial score (nSPS) is 14.2. The summed E-state index contributed by atoms with van der Waals surface area (Å²) < 4.78 is 2.60. The monoisotopic (exact) mass is 589 g/mol. The molecule has 10 heteroatoms. The topological polar surface area (TPSA) is 115 Å². The number of aldehydes is 1. The third-order valence-electron chi connectivity index (χ3n) is 8.56. The Bertz CT molecular complexity index is 1990. The third kappa shape index (κ3) is 5.44. The zero-order valence-corrected chi connectivity index (χ0v) is 25.4. The second kappa shape index (κ2) is 12.0. The average Bonchev–Trinajstić information content (AvgIpc) is 3.03. The first kappa shape index (κ1) is 29.1. The number of aryl methyl sites for hydroxylation is 3. The zero-order chi connectivity index (χ0) is 31.0. The van der Waals surface area contributed by atoms with Crippen LogP contribution >= 0.6 is 0 Å². The van der Waals surface area contributed by atoms with Crippen LogP contribution in [0.1, 0.15) is 52.7 Å². The molecule has 1 N–H and O–H groups in total. The van der Waals surface area contributed by atoms with Crippen molar-refractivity contribution in [2.75, 3.05) is 25.0 Å². The SMILES string of the molecule is CCN1CCC(c2ccc(Nc3cc(-c4ccnc(-n5ccc6cc(C)cc(C)c6c5=O)c4C=O)nn(C)c3=O)nc2)CC1. The van der Waals surface area contributed by atoms with E-state index in [9.17, 15) is 14.4 Å². The summed E-state index contributed by atoms with van der Waals surface area (Å²) >= 11 is 0. The molecule has 0 spiro atoms. The van der Waals surface area contributed by atoms with Crippen LogP contribution in [0.5, 0.6) is 0 Å². The molecule has 0 saturated carbocycles. The summed E-state index contributed by atoms with van der Waals surface area (Å²) in [4.78, 5) is 50.7. The molecular weight excluding hydrogens is 554 g/mol. The van der Waals surface area contributed by atoms with Gasteiger partial charge < -0.3 is 10.2 Å². The number of aromatic nitrogens is 5. The molecule has 1 saturated heterocycles. The Morgan fingerprint density at radius 2 is 1.80 bits per heavy atom. The van der Waals surface area contributed by atoms with Crippen molar-refractivity contribution in [2.45, 2.75) is 39.5 Å². The first-order valence-electron chi connectivity index (χ1n) is 14.9. The molecule has 5 heterocycles. The number of hydrogen-bond acceptors (Lipinski definition) is 8. The van der Waals surface area contributed by atoms with Crippen molar-refractivity contribution in [1.29, 1.82) is 0 Å². The number of fused-ring (bicyclic) bond motifs is 1. The van der Waals surface area contributed by atoms with Crippen molar-refractivity contribution < 1.29 is 4.79 Å². The summed E-state index contributed by atoms with van der Waals surface area (Å²) in [7, 11) is 1.55. The summed E-state index contributed by atoms with van der Waals surface area (Å²) in [5, 5.41) is 8.97. The number of likely N-dealkylation sites (tertiary alicyclic amines) is 1. The van der Waals surface area contributed by atoms with Gasteiger partial charge in [-0.15, -0.1) is 0 Å². The van der Waals surface area contributed by atoms with Crippen LogP contribution in [0.3, 0.4) is 0 Å². The van der Waals surface area contributed by atoms with Crippen LogP contribution in [0.2, 0.25) is 0 Å². The molecule has 0 bridgehead atoms.